The van der Waals surface area contributed by atoms with Gasteiger partial charge in [-0.25, -0.2) is 9.07 Å². The Hall–Kier alpha value is -1.99. The highest BCUT2D eigenvalue weighted by molar-refractivity contribution is 7.99. The summed E-state index contributed by atoms with van der Waals surface area (Å²) >= 11 is 7.24. The van der Waals surface area contributed by atoms with Crippen LogP contribution in [0.2, 0.25) is 5.02 Å². The molecule has 2 aromatic heterocycles. The van der Waals surface area contributed by atoms with Crippen LogP contribution in [0.15, 0.2) is 40.1 Å². The van der Waals surface area contributed by atoms with Gasteiger partial charge in [0.1, 0.15) is 11.6 Å². The molecule has 0 aliphatic rings. The average molecular weight is 353 g/mol. The lowest BCUT2D eigenvalue weighted by Crippen LogP contribution is -2.12. The Bertz CT molecular complexity index is 848. The smallest absolute Gasteiger partial charge is 0.210 e. The van der Waals surface area contributed by atoms with E-state index in [1.807, 2.05) is 13.8 Å². The molecular weight excluding hydrogens is 339 g/mol. The molecule has 0 bridgehead atoms. The van der Waals surface area contributed by atoms with Crippen molar-refractivity contribution in [1.29, 1.82) is 0 Å². The predicted molar refractivity (Wildman–Crippen MR) is 88.3 cm³/mol. The Morgan fingerprint density at radius 3 is 2.78 bits per heavy atom. The van der Waals surface area contributed by atoms with Crippen LogP contribution in [0.3, 0.4) is 0 Å². The maximum absolute atomic E-state index is 13.3. The zero-order valence-electron chi connectivity index (χ0n) is 12.5. The fraction of sp³-hybridized carbons (Fsp3) is 0.200. The van der Waals surface area contributed by atoms with E-state index in [1.54, 1.807) is 24.5 Å². The average Bonchev–Trinajstić information content (AvgIpc) is 3.08. The van der Waals surface area contributed by atoms with Gasteiger partial charge in [0.15, 0.2) is 5.82 Å². The van der Waals surface area contributed by atoms with Crippen LogP contribution in [-0.4, -0.2) is 14.9 Å². The first-order valence-corrected chi connectivity index (χ1v) is 8.09. The summed E-state index contributed by atoms with van der Waals surface area (Å²) in [6, 6.07) is 6.44. The van der Waals surface area contributed by atoms with Gasteiger partial charge >= 0.3 is 0 Å². The summed E-state index contributed by atoms with van der Waals surface area (Å²) in [4.78, 5) is 0. The van der Waals surface area contributed by atoms with Gasteiger partial charge in [-0.15, -0.1) is 10.2 Å². The molecule has 0 spiro atoms. The number of thioether (sulfide) groups is 1. The third-order valence-corrected chi connectivity index (χ3v) is 4.86. The molecule has 0 saturated carbocycles. The van der Waals surface area contributed by atoms with Crippen molar-refractivity contribution in [3.8, 4) is 11.4 Å². The van der Waals surface area contributed by atoms with Gasteiger partial charge in [0.2, 0.25) is 5.16 Å². The number of nitrogens with zero attached hydrogens (tertiary/aromatic N) is 3. The number of nitrogen functional groups attached to an aromatic ring is 1. The highest BCUT2D eigenvalue weighted by Gasteiger charge is 2.18. The van der Waals surface area contributed by atoms with Crippen LogP contribution in [0.4, 0.5) is 4.39 Å². The van der Waals surface area contributed by atoms with Crippen LogP contribution in [0.25, 0.3) is 11.4 Å². The molecular formula is C15H14ClFN4OS. The van der Waals surface area contributed by atoms with Crippen LogP contribution < -0.4 is 5.84 Å². The molecule has 120 valence electrons. The zero-order chi connectivity index (χ0) is 16.6. The number of benzene rings is 1. The lowest BCUT2D eigenvalue weighted by atomic mass is 10.2. The lowest BCUT2D eigenvalue weighted by Gasteiger charge is -2.11. The summed E-state index contributed by atoms with van der Waals surface area (Å²) in [5.74, 6) is 6.90. The minimum atomic E-state index is -0.438. The summed E-state index contributed by atoms with van der Waals surface area (Å²) < 4.78 is 19.9. The van der Waals surface area contributed by atoms with Gasteiger partial charge in [-0.3, -0.25) is 0 Å². The first-order chi connectivity index (χ1) is 11.0. The Morgan fingerprint density at radius 2 is 2.13 bits per heavy atom. The molecule has 0 aliphatic carbocycles. The fourth-order valence-electron chi connectivity index (χ4n) is 2.15. The van der Waals surface area contributed by atoms with Crippen molar-refractivity contribution in [2.75, 3.05) is 5.84 Å². The molecule has 8 heteroatoms. The van der Waals surface area contributed by atoms with Crippen molar-refractivity contribution in [2.24, 2.45) is 0 Å². The zero-order valence-corrected chi connectivity index (χ0v) is 14.0. The molecule has 1 atom stereocenters. The molecule has 5 nitrogen and oxygen atoms in total. The first-order valence-electron chi connectivity index (χ1n) is 6.84. The van der Waals surface area contributed by atoms with Gasteiger partial charge in [0.05, 0.1) is 16.8 Å². The van der Waals surface area contributed by atoms with Gasteiger partial charge in [-0.1, -0.05) is 29.4 Å². The van der Waals surface area contributed by atoms with Crippen molar-refractivity contribution >= 4 is 23.4 Å². The molecule has 0 amide bonds. The van der Waals surface area contributed by atoms with Crippen LogP contribution in [0, 0.1) is 12.7 Å². The lowest BCUT2D eigenvalue weighted by molar-refractivity contribution is 0.535. The normalized spacial score (nSPS) is 12.5. The third-order valence-electron chi connectivity index (χ3n) is 3.46. The van der Waals surface area contributed by atoms with E-state index in [4.69, 9.17) is 21.9 Å². The molecule has 2 N–H and O–H groups in total. The first kappa shape index (κ1) is 15.9. The van der Waals surface area contributed by atoms with Crippen LogP contribution in [0.5, 0.6) is 0 Å². The standard InChI is InChI=1S/C15H14ClFN4OS/c1-8-11(5-6-22-8)14-19-20-15(21(14)18)23-9(2)10-3-4-13(17)12(16)7-10/h3-7,9H,18H2,1-2H3. The van der Waals surface area contributed by atoms with E-state index in [0.717, 1.165) is 16.9 Å². The van der Waals surface area contributed by atoms with Crippen molar-refractivity contribution < 1.29 is 8.81 Å². The summed E-state index contributed by atoms with van der Waals surface area (Å²) in [6.07, 6.45) is 1.58. The van der Waals surface area contributed by atoms with Gasteiger partial charge in [-0.2, -0.15) is 0 Å². The van der Waals surface area contributed by atoms with Gasteiger partial charge < -0.3 is 10.3 Å². The summed E-state index contributed by atoms with van der Waals surface area (Å²) in [5.41, 5.74) is 1.68. The van der Waals surface area contributed by atoms with Gasteiger partial charge in [0.25, 0.3) is 0 Å². The second kappa shape index (κ2) is 6.25. The SMILES string of the molecule is Cc1occc1-c1nnc(SC(C)c2ccc(F)c(Cl)c2)n1N. The van der Waals surface area contributed by atoms with Crippen molar-refractivity contribution in [2.45, 2.75) is 24.3 Å². The van der Waals surface area contributed by atoms with Crippen molar-refractivity contribution in [3.63, 3.8) is 0 Å². The van der Waals surface area contributed by atoms with Crippen molar-refractivity contribution in [1.82, 2.24) is 14.9 Å². The molecule has 3 rings (SSSR count). The van der Waals surface area contributed by atoms with E-state index in [9.17, 15) is 4.39 Å². The predicted octanol–water partition coefficient (Wildman–Crippen LogP) is 4.21. The maximum atomic E-state index is 13.3. The molecule has 3 aromatic rings. The number of hydrogen-bond acceptors (Lipinski definition) is 5. The Morgan fingerprint density at radius 1 is 1.35 bits per heavy atom. The molecule has 2 heterocycles. The van der Waals surface area contributed by atoms with Crippen LogP contribution >= 0.6 is 23.4 Å². The number of nitrogens with two attached hydrogens (primary N) is 1. The van der Waals surface area contributed by atoms with Gasteiger partial charge in [0, 0.05) is 5.25 Å². The largest absolute Gasteiger partial charge is 0.469 e. The van der Waals surface area contributed by atoms with Crippen LogP contribution in [0.1, 0.15) is 23.5 Å². The third kappa shape index (κ3) is 3.07. The Labute approximate surface area is 141 Å². The van der Waals surface area contributed by atoms with E-state index in [1.165, 1.54) is 22.5 Å². The molecule has 1 aromatic carbocycles. The van der Waals surface area contributed by atoms with Crippen molar-refractivity contribution in [3.05, 3.63) is 52.7 Å². The number of aromatic nitrogens is 3. The Balaban J connectivity index is 1.84. The second-order valence-electron chi connectivity index (χ2n) is 5.00. The summed E-state index contributed by atoms with van der Waals surface area (Å²) in [5, 5.41) is 8.87. The second-order valence-corrected chi connectivity index (χ2v) is 6.72. The number of aryl methyl sites for hydroxylation is 1. The number of hydrogen-bond donors (Lipinski definition) is 1. The van der Waals surface area contributed by atoms with E-state index in [-0.39, 0.29) is 10.3 Å². The highest BCUT2D eigenvalue weighted by atomic mass is 35.5. The monoisotopic (exact) mass is 352 g/mol. The van der Waals surface area contributed by atoms with E-state index in [2.05, 4.69) is 10.2 Å². The summed E-state index contributed by atoms with van der Waals surface area (Å²) in [6.45, 7) is 3.80. The molecule has 0 aliphatic heterocycles. The number of rotatable bonds is 4. The van der Waals surface area contributed by atoms with E-state index in [0.29, 0.717) is 11.0 Å². The fourth-order valence-corrected chi connectivity index (χ4v) is 3.23. The minimum absolute atomic E-state index is 0.0158. The van der Waals surface area contributed by atoms with E-state index < -0.39 is 5.82 Å². The van der Waals surface area contributed by atoms with Crippen LogP contribution in [-0.2, 0) is 0 Å². The Kier molecular flexibility index (Phi) is 4.32. The number of halogens is 2. The van der Waals surface area contributed by atoms with E-state index >= 15 is 0 Å². The molecule has 23 heavy (non-hydrogen) atoms. The summed E-state index contributed by atoms with van der Waals surface area (Å²) in [7, 11) is 0. The highest BCUT2D eigenvalue weighted by Crippen LogP contribution is 2.36. The maximum Gasteiger partial charge on any atom is 0.210 e. The quantitative estimate of drug-likeness (QED) is 0.562. The minimum Gasteiger partial charge on any atom is -0.469 e. The molecule has 1 unspecified atom stereocenters. The van der Waals surface area contributed by atoms with Gasteiger partial charge in [-0.05, 0) is 37.6 Å². The number of furan rings is 1. The molecule has 0 radical (unpaired) electrons. The molecule has 0 fully saturated rings. The molecule has 0 saturated heterocycles. The topological polar surface area (TPSA) is 69.9 Å².